The minimum atomic E-state index is -5.67. The Morgan fingerprint density at radius 1 is 0.829 bits per heavy atom. The van der Waals surface area contributed by atoms with Crippen LogP contribution in [0.1, 0.15) is 47.5 Å². The predicted octanol–water partition coefficient (Wildman–Crippen LogP) is 5.01. The van der Waals surface area contributed by atoms with E-state index < -0.39 is 74.3 Å². The van der Waals surface area contributed by atoms with Gasteiger partial charge in [0.1, 0.15) is 6.61 Å². The summed E-state index contributed by atoms with van der Waals surface area (Å²) in [6.45, 7) is 4.49. The Labute approximate surface area is 230 Å². The van der Waals surface area contributed by atoms with E-state index in [-0.39, 0.29) is 25.0 Å². The third-order valence-electron chi connectivity index (χ3n) is 6.58. The number of aliphatic hydroxyl groups is 2. The van der Waals surface area contributed by atoms with Crippen molar-refractivity contribution in [2.24, 2.45) is 11.8 Å². The highest BCUT2D eigenvalue weighted by Gasteiger charge is 2.79. The van der Waals surface area contributed by atoms with Crippen LogP contribution >= 0.6 is 0 Å². The molecule has 2 N–H and O–H groups in total. The fraction of sp³-hybridized carbons (Fsp3) is 1.00. The molecule has 0 spiro atoms. The van der Waals surface area contributed by atoms with E-state index in [1.54, 1.807) is 6.92 Å². The Kier molecular flexibility index (Phi) is 12.7. The topological polar surface area (TPSA) is 95.8 Å². The van der Waals surface area contributed by atoms with Crippen molar-refractivity contribution in [2.75, 3.05) is 39.8 Å². The molecule has 41 heavy (non-hydrogen) atoms. The van der Waals surface area contributed by atoms with Gasteiger partial charge in [0.05, 0.1) is 13.2 Å². The van der Waals surface area contributed by atoms with Crippen LogP contribution in [-0.4, -0.2) is 97.7 Å². The molecule has 2 saturated heterocycles. The summed E-state index contributed by atoms with van der Waals surface area (Å²) in [5, 5.41) is 18.4. The van der Waals surface area contributed by atoms with E-state index in [4.69, 9.17) is 14.6 Å². The Balaban J connectivity index is 0.000000410. The van der Waals surface area contributed by atoms with Gasteiger partial charge in [-0.15, -0.1) is 0 Å². The first-order chi connectivity index (χ1) is 18.4. The summed E-state index contributed by atoms with van der Waals surface area (Å²) in [7, 11) is 0. The molecule has 0 aromatic heterocycles. The highest BCUT2D eigenvalue weighted by atomic mass is 19.4. The summed E-state index contributed by atoms with van der Waals surface area (Å²) in [6.07, 6.45) is -11.5. The number of halogens is 10. The standard InChI is InChI=1S/C12H19F5O4.C11H17F5O4/c1-4-8(2)5-19-6-9(3)10(13,14)11(18,12(15,16)17)21-7-20-9;1-3-7(2)4-18-5-8-19-6-9(12,13)10(17,20-8)11(14,15)16/h8,18H,4-7H2,1-3H3;7-8,17H,3-6H2,1-2H3. The lowest BCUT2D eigenvalue weighted by Gasteiger charge is -2.49. The second-order valence-electron chi connectivity index (χ2n) is 10.1. The van der Waals surface area contributed by atoms with Crippen LogP contribution in [0.15, 0.2) is 0 Å². The molecule has 0 saturated carbocycles. The van der Waals surface area contributed by atoms with E-state index in [1.807, 2.05) is 20.8 Å². The average Bonchev–Trinajstić information content (AvgIpc) is 2.84. The lowest BCUT2D eigenvalue weighted by Crippen LogP contribution is -2.73. The monoisotopic (exact) mass is 630 g/mol. The van der Waals surface area contributed by atoms with E-state index in [0.717, 1.165) is 19.8 Å². The van der Waals surface area contributed by atoms with Crippen molar-refractivity contribution < 1.29 is 82.5 Å². The third kappa shape index (κ3) is 8.33. The van der Waals surface area contributed by atoms with Gasteiger partial charge < -0.3 is 38.6 Å². The second kappa shape index (κ2) is 13.7. The van der Waals surface area contributed by atoms with Crippen LogP contribution in [0.5, 0.6) is 0 Å². The maximum atomic E-state index is 14.1. The van der Waals surface area contributed by atoms with E-state index in [9.17, 15) is 49.0 Å². The fourth-order valence-corrected chi connectivity index (χ4v) is 3.19. The number of hydrogen-bond acceptors (Lipinski definition) is 8. The Bertz CT molecular complexity index is 814. The SMILES string of the molecule is CCC(C)COCC1(C)OCOC(O)(C(F)(F)F)C1(F)F.CCC(C)COCC1OCC(F)(F)C(O)(C(F)(F)F)O1. The normalized spacial score (nSPS) is 33.4. The fourth-order valence-electron chi connectivity index (χ4n) is 3.19. The van der Waals surface area contributed by atoms with Crippen molar-refractivity contribution in [3.63, 3.8) is 0 Å². The number of ether oxygens (including phenoxy) is 6. The molecule has 0 bridgehead atoms. The smallest absolute Gasteiger partial charge is 0.378 e. The van der Waals surface area contributed by atoms with Crippen molar-refractivity contribution in [3.05, 3.63) is 0 Å². The van der Waals surface area contributed by atoms with Gasteiger partial charge in [-0.2, -0.15) is 43.9 Å². The van der Waals surface area contributed by atoms with Crippen LogP contribution in [0, 0.1) is 11.8 Å². The van der Waals surface area contributed by atoms with Crippen molar-refractivity contribution in [1.82, 2.24) is 0 Å². The first-order valence-corrected chi connectivity index (χ1v) is 12.5. The number of hydrogen-bond donors (Lipinski definition) is 2. The molecule has 2 rings (SSSR count). The van der Waals surface area contributed by atoms with Gasteiger partial charge in [0.15, 0.2) is 18.7 Å². The van der Waals surface area contributed by atoms with E-state index in [1.165, 1.54) is 0 Å². The van der Waals surface area contributed by atoms with Crippen molar-refractivity contribution in [3.8, 4) is 0 Å². The van der Waals surface area contributed by atoms with Crippen LogP contribution < -0.4 is 0 Å². The molecule has 246 valence electrons. The van der Waals surface area contributed by atoms with Crippen molar-refractivity contribution in [2.45, 2.75) is 95.1 Å². The Morgan fingerprint density at radius 2 is 1.32 bits per heavy atom. The van der Waals surface area contributed by atoms with Crippen LogP contribution in [0.25, 0.3) is 0 Å². The molecule has 6 atom stereocenters. The molecule has 0 amide bonds. The molecule has 8 nitrogen and oxygen atoms in total. The zero-order valence-electron chi connectivity index (χ0n) is 23.0. The van der Waals surface area contributed by atoms with Gasteiger partial charge in [-0.1, -0.05) is 40.5 Å². The summed E-state index contributed by atoms with van der Waals surface area (Å²) >= 11 is 0. The highest BCUT2D eigenvalue weighted by Crippen LogP contribution is 2.52. The van der Waals surface area contributed by atoms with Gasteiger partial charge >= 0.3 is 35.8 Å². The molecular formula is C23H36F10O8. The summed E-state index contributed by atoms with van der Waals surface area (Å²) < 4.78 is 157. The minimum Gasteiger partial charge on any atom is -0.378 e. The molecule has 18 heteroatoms. The molecule has 0 radical (unpaired) electrons. The number of rotatable bonds is 10. The second-order valence-corrected chi connectivity index (χ2v) is 10.1. The van der Waals surface area contributed by atoms with Crippen LogP contribution in [-0.2, 0) is 28.4 Å². The molecule has 0 aromatic rings. The maximum absolute atomic E-state index is 14.1. The van der Waals surface area contributed by atoms with Gasteiger partial charge in [0.2, 0.25) is 0 Å². The lowest BCUT2D eigenvalue weighted by molar-refractivity contribution is -0.502. The molecular weight excluding hydrogens is 594 g/mol. The van der Waals surface area contributed by atoms with Gasteiger partial charge in [-0.25, -0.2) is 0 Å². The molecule has 2 aliphatic rings. The third-order valence-corrected chi connectivity index (χ3v) is 6.58. The Hall–Kier alpha value is -1.02. The minimum absolute atomic E-state index is 0.0589. The highest BCUT2D eigenvalue weighted by molar-refractivity contribution is 5.06. The zero-order chi connectivity index (χ0) is 32.1. The molecule has 0 aromatic carbocycles. The molecule has 2 fully saturated rings. The summed E-state index contributed by atoms with van der Waals surface area (Å²) in [4.78, 5) is 0. The quantitative estimate of drug-likeness (QED) is 0.326. The van der Waals surface area contributed by atoms with Gasteiger partial charge in [0, 0.05) is 13.2 Å². The lowest BCUT2D eigenvalue weighted by atomic mass is 9.89. The molecule has 6 unspecified atom stereocenters. The molecule has 0 aliphatic carbocycles. The summed E-state index contributed by atoms with van der Waals surface area (Å²) in [5.74, 6) is -18.3. The van der Waals surface area contributed by atoms with Crippen LogP contribution in [0.3, 0.4) is 0 Å². The van der Waals surface area contributed by atoms with Gasteiger partial charge in [-0.05, 0) is 18.8 Å². The maximum Gasteiger partial charge on any atom is 0.449 e. The average molecular weight is 631 g/mol. The largest absolute Gasteiger partial charge is 0.449 e. The first kappa shape index (κ1) is 38.0. The van der Waals surface area contributed by atoms with Gasteiger partial charge in [-0.3, -0.25) is 0 Å². The summed E-state index contributed by atoms with van der Waals surface area (Å²) in [5.41, 5.74) is -2.65. The predicted molar refractivity (Wildman–Crippen MR) is 119 cm³/mol. The van der Waals surface area contributed by atoms with Crippen LogP contribution in [0.4, 0.5) is 43.9 Å². The molecule has 2 aliphatic heterocycles. The van der Waals surface area contributed by atoms with E-state index >= 15 is 0 Å². The first-order valence-electron chi connectivity index (χ1n) is 12.5. The van der Waals surface area contributed by atoms with E-state index in [0.29, 0.717) is 0 Å². The van der Waals surface area contributed by atoms with E-state index in [2.05, 4.69) is 18.9 Å². The van der Waals surface area contributed by atoms with Gasteiger partial charge in [0.25, 0.3) is 0 Å². The van der Waals surface area contributed by atoms with Crippen molar-refractivity contribution in [1.29, 1.82) is 0 Å². The zero-order valence-corrected chi connectivity index (χ0v) is 23.0. The Morgan fingerprint density at radius 3 is 1.78 bits per heavy atom. The van der Waals surface area contributed by atoms with Crippen molar-refractivity contribution >= 4 is 0 Å². The summed E-state index contributed by atoms with van der Waals surface area (Å²) in [6, 6.07) is 0. The van der Waals surface area contributed by atoms with Crippen LogP contribution in [0.2, 0.25) is 0 Å². The number of alkyl halides is 10. The molecule has 2 heterocycles.